The first-order chi connectivity index (χ1) is 16.2. The lowest BCUT2D eigenvalue weighted by atomic mass is 9.86. The van der Waals surface area contributed by atoms with Crippen LogP contribution in [-0.2, 0) is 16.1 Å². The summed E-state index contributed by atoms with van der Waals surface area (Å²) in [6.07, 6.45) is 1.44. The average Bonchev–Trinajstić information content (AvgIpc) is 3.11. The van der Waals surface area contributed by atoms with E-state index in [0.29, 0.717) is 37.2 Å². The highest BCUT2D eigenvalue weighted by Crippen LogP contribution is 2.38. The van der Waals surface area contributed by atoms with Crippen LogP contribution in [0.5, 0.6) is 0 Å². The van der Waals surface area contributed by atoms with Crippen LogP contribution in [-0.4, -0.2) is 72.2 Å². The number of halogens is 3. The molecule has 7 nitrogen and oxygen atoms in total. The van der Waals surface area contributed by atoms with Crippen LogP contribution in [0.15, 0.2) is 12.1 Å². The second-order valence-corrected chi connectivity index (χ2v) is 9.94. The number of nitrogens with zero attached hydrogens (tertiary/aromatic N) is 3. The van der Waals surface area contributed by atoms with Crippen LogP contribution >= 0.6 is 0 Å². The number of nitrogens with one attached hydrogen (secondary N) is 1. The van der Waals surface area contributed by atoms with Crippen LogP contribution < -0.4 is 10.2 Å². The number of imide groups is 1. The van der Waals surface area contributed by atoms with E-state index in [1.807, 2.05) is 0 Å². The van der Waals surface area contributed by atoms with E-state index in [1.165, 1.54) is 17.0 Å². The summed E-state index contributed by atoms with van der Waals surface area (Å²) >= 11 is 0. The molecule has 3 aliphatic heterocycles. The highest BCUT2D eigenvalue weighted by molar-refractivity contribution is 6.06. The molecule has 0 aromatic heterocycles. The maximum Gasteiger partial charge on any atom is 0.255 e. The average molecular weight is 479 g/mol. The number of anilines is 1. The van der Waals surface area contributed by atoms with Gasteiger partial charge in [-0.1, -0.05) is 0 Å². The Hall–Kier alpha value is -2.62. The molecule has 1 N–H and O–H groups in total. The molecule has 3 heterocycles. The number of rotatable bonds is 4. The zero-order valence-corrected chi connectivity index (χ0v) is 19.0. The smallest absolute Gasteiger partial charge is 0.255 e. The lowest BCUT2D eigenvalue weighted by Gasteiger charge is -2.39. The summed E-state index contributed by atoms with van der Waals surface area (Å²) in [5.74, 6) is -3.97. The monoisotopic (exact) mass is 478 g/mol. The van der Waals surface area contributed by atoms with Crippen molar-refractivity contribution >= 4 is 23.4 Å². The third kappa shape index (κ3) is 4.52. The van der Waals surface area contributed by atoms with Gasteiger partial charge in [0.05, 0.1) is 0 Å². The summed E-state index contributed by atoms with van der Waals surface area (Å²) in [7, 11) is 0. The van der Waals surface area contributed by atoms with Crippen LogP contribution in [0, 0.1) is 11.7 Å². The van der Waals surface area contributed by atoms with E-state index in [9.17, 15) is 27.6 Å². The van der Waals surface area contributed by atoms with E-state index < -0.39 is 29.6 Å². The van der Waals surface area contributed by atoms with Crippen LogP contribution in [0.3, 0.4) is 0 Å². The van der Waals surface area contributed by atoms with E-state index >= 15 is 0 Å². The minimum Gasteiger partial charge on any atom is -0.369 e. The topological polar surface area (TPSA) is 73.0 Å². The maximum absolute atomic E-state index is 14.5. The van der Waals surface area contributed by atoms with E-state index in [2.05, 4.69) is 15.1 Å². The van der Waals surface area contributed by atoms with Gasteiger partial charge in [-0.05, 0) is 37.3 Å². The Balaban J connectivity index is 1.25. The molecule has 0 radical (unpaired) electrons. The van der Waals surface area contributed by atoms with Crippen molar-refractivity contribution < 1.29 is 27.6 Å². The SMILES string of the molecule is O=C1CCC(N2Cc3c(cc(F)cc3N3CCN(CC4CCC(F)(F)CC4)CC3)C2=O)C(=O)N1. The first-order valence-corrected chi connectivity index (χ1v) is 12.0. The number of hydrogen-bond donors (Lipinski definition) is 1. The fourth-order valence-corrected chi connectivity index (χ4v) is 5.71. The van der Waals surface area contributed by atoms with E-state index in [4.69, 9.17) is 0 Å². The Labute approximate surface area is 196 Å². The quantitative estimate of drug-likeness (QED) is 0.674. The van der Waals surface area contributed by atoms with Gasteiger partial charge in [0, 0.05) is 75.3 Å². The van der Waals surface area contributed by atoms with Gasteiger partial charge in [-0.15, -0.1) is 0 Å². The Morgan fingerprint density at radius 2 is 1.71 bits per heavy atom. The summed E-state index contributed by atoms with van der Waals surface area (Å²) in [5.41, 5.74) is 1.64. The van der Waals surface area contributed by atoms with Gasteiger partial charge in [-0.25, -0.2) is 13.2 Å². The Morgan fingerprint density at radius 1 is 1.00 bits per heavy atom. The first-order valence-electron chi connectivity index (χ1n) is 12.0. The molecule has 1 unspecified atom stereocenters. The maximum atomic E-state index is 14.5. The summed E-state index contributed by atoms with van der Waals surface area (Å²) in [6, 6.07) is 1.93. The van der Waals surface area contributed by atoms with Gasteiger partial charge in [0.2, 0.25) is 17.7 Å². The van der Waals surface area contributed by atoms with Crippen LogP contribution in [0.25, 0.3) is 0 Å². The zero-order valence-electron chi connectivity index (χ0n) is 19.0. The molecule has 1 aromatic carbocycles. The Kier molecular flexibility index (Phi) is 6.03. The third-order valence-electron chi connectivity index (χ3n) is 7.66. The molecule has 5 rings (SSSR count). The van der Waals surface area contributed by atoms with Gasteiger partial charge in [-0.3, -0.25) is 24.6 Å². The number of amides is 3. The molecule has 34 heavy (non-hydrogen) atoms. The molecule has 184 valence electrons. The number of piperidine rings is 1. The molecule has 0 bridgehead atoms. The summed E-state index contributed by atoms with van der Waals surface area (Å²) < 4.78 is 41.4. The lowest BCUT2D eigenvalue weighted by molar-refractivity contribution is -0.136. The first kappa shape index (κ1) is 23.1. The van der Waals surface area contributed by atoms with Gasteiger partial charge in [0.1, 0.15) is 11.9 Å². The lowest BCUT2D eigenvalue weighted by Crippen LogP contribution is -2.52. The molecule has 3 fully saturated rings. The van der Waals surface area contributed by atoms with Crippen molar-refractivity contribution in [1.82, 2.24) is 15.1 Å². The second kappa shape index (κ2) is 8.87. The Bertz CT molecular complexity index is 999. The molecule has 1 aliphatic carbocycles. The number of carbonyl (C=O) groups excluding carboxylic acids is 3. The van der Waals surface area contributed by atoms with Crippen molar-refractivity contribution in [2.75, 3.05) is 37.6 Å². The van der Waals surface area contributed by atoms with Crippen molar-refractivity contribution in [2.24, 2.45) is 5.92 Å². The largest absolute Gasteiger partial charge is 0.369 e. The molecule has 1 saturated carbocycles. The van der Waals surface area contributed by atoms with Crippen LogP contribution in [0.1, 0.15) is 54.4 Å². The minimum atomic E-state index is -2.52. The normalized spacial score (nSPS) is 26.1. The van der Waals surface area contributed by atoms with Crippen molar-refractivity contribution in [3.8, 4) is 0 Å². The molecule has 4 aliphatic rings. The van der Waals surface area contributed by atoms with Gasteiger partial charge >= 0.3 is 0 Å². The molecule has 2 saturated heterocycles. The van der Waals surface area contributed by atoms with E-state index in [1.54, 1.807) is 0 Å². The number of alkyl halides is 2. The van der Waals surface area contributed by atoms with Gasteiger partial charge < -0.3 is 9.80 Å². The van der Waals surface area contributed by atoms with Gasteiger partial charge in [-0.2, -0.15) is 0 Å². The highest BCUT2D eigenvalue weighted by atomic mass is 19.3. The predicted molar refractivity (Wildman–Crippen MR) is 118 cm³/mol. The highest BCUT2D eigenvalue weighted by Gasteiger charge is 2.41. The third-order valence-corrected chi connectivity index (χ3v) is 7.66. The van der Waals surface area contributed by atoms with E-state index in [0.717, 1.165) is 19.6 Å². The van der Waals surface area contributed by atoms with Gasteiger partial charge in [0.15, 0.2) is 0 Å². The molecule has 3 amide bonds. The van der Waals surface area contributed by atoms with Crippen molar-refractivity contribution in [3.05, 3.63) is 29.1 Å². The molecule has 0 spiro atoms. The predicted octanol–water partition coefficient (Wildman–Crippen LogP) is 2.53. The van der Waals surface area contributed by atoms with Crippen LogP contribution in [0.2, 0.25) is 0 Å². The standard InChI is InChI=1S/C24H29F3N4O3/c25-16-11-17-18(14-31(23(17)34)19-1-2-21(32)28-22(19)33)20(12-16)30-9-7-29(8-10-30)13-15-3-5-24(26,27)6-4-15/h11-12,15,19H,1-10,13-14H2,(H,28,32,33). The number of benzene rings is 1. The van der Waals surface area contributed by atoms with Crippen molar-refractivity contribution in [2.45, 2.75) is 57.0 Å². The summed E-state index contributed by atoms with van der Waals surface area (Å²) in [6.45, 7) is 3.77. The number of piperazine rings is 1. The molecule has 1 aromatic rings. The molecule has 10 heteroatoms. The zero-order chi connectivity index (χ0) is 24.0. The minimum absolute atomic E-state index is 0.0369. The summed E-state index contributed by atoms with van der Waals surface area (Å²) in [5, 5.41) is 2.28. The number of fused-ring (bicyclic) bond motifs is 1. The Morgan fingerprint density at radius 3 is 2.38 bits per heavy atom. The molecule has 1 atom stereocenters. The molecular weight excluding hydrogens is 449 g/mol. The fraction of sp³-hybridized carbons (Fsp3) is 0.625. The number of hydrogen-bond acceptors (Lipinski definition) is 5. The molecular formula is C24H29F3N4O3. The van der Waals surface area contributed by atoms with Crippen LogP contribution in [0.4, 0.5) is 18.9 Å². The van der Waals surface area contributed by atoms with Crippen molar-refractivity contribution in [3.63, 3.8) is 0 Å². The number of carbonyl (C=O) groups is 3. The second-order valence-electron chi connectivity index (χ2n) is 9.94. The van der Waals surface area contributed by atoms with Gasteiger partial charge in [0.25, 0.3) is 5.91 Å². The fourth-order valence-electron chi connectivity index (χ4n) is 5.71. The van der Waals surface area contributed by atoms with E-state index in [-0.39, 0.29) is 49.6 Å². The van der Waals surface area contributed by atoms with Crippen molar-refractivity contribution in [1.29, 1.82) is 0 Å². The summed E-state index contributed by atoms with van der Waals surface area (Å²) in [4.78, 5) is 42.6.